The van der Waals surface area contributed by atoms with Gasteiger partial charge in [-0.1, -0.05) is 66.4 Å². The number of amides is 1. The monoisotopic (exact) mass is 443 g/mol. The number of benzene rings is 3. The summed E-state index contributed by atoms with van der Waals surface area (Å²) in [5, 5.41) is 6.79. The lowest BCUT2D eigenvalue weighted by Gasteiger charge is -2.22. The van der Waals surface area contributed by atoms with Crippen molar-refractivity contribution in [2.45, 2.75) is 17.7 Å². The van der Waals surface area contributed by atoms with Crippen molar-refractivity contribution < 1.29 is 13.9 Å². The second kappa shape index (κ2) is 8.88. The predicted octanol–water partition coefficient (Wildman–Crippen LogP) is 5.31. The Bertz CT molecular complexity index is 1240. The van der Waals surface area contributed by atoms with Crippen LogP contribution in [-0.4, -0.2) is 34.5 Å². The van der Waals surface area contributed by atoms with Crippen LogP contribution >= 0.6 is 11.8 Å². The highest BCUT2D eigenvalue weighted by atomic mass is 32.2. The zero-order valence-electron chi connectivity index (χ0n) is 17.5. The number of oxazole rings is 1. The molecule has 1 amide bonds. The van der Waals surface area contributed by atoms with Gasteiger partial charge in [-0.15, -0.1) is 0 Å². The van der Waals surface area contributed by atoms with Crippen LogP contribution < -0.4 is 4.74 Å². The molecule has 3 aromatic carbocycles. The van der Waals surface area contributed by atoms with E-state index in [1.165, 1.54) is 11.8 Å². The van der Waals surface area contributed by atoms with E-state index in [1.807, 2.05) is 78.9 Å². The third kappa shape index (κ3) is 4.11. The maximum Gasteiger partial charge on any atom is 0.257 e. The van der Waals surface area contributed by atoms with E-state index < -0.39 is 0 Å². The van der Waals surface area contributed by atoms with Crippen LogP contribution in [0, 0.1) is 0 Å². The number of methoxy groups -OCH3 is 1. The highest BCUT2D eigenvalue weighted by Crippen LogP contribution is 2.34. The maximum absolute atomic E-state index is 13.2. The zero-order valence-corrected chi connectivity index (χ0v) is 18.3. The fourth-order valence-electron chi connectivity index (χ4n) is 3.73. The van der Waals surface area contributed by atoms with Gasteiger partial charge in [0.2, 0.25) is 0 Å². The molecule has 1 aromatic heterocycles. The smallest absolute Gasteiger partial charge is 0.257 e. The number of carbonyl (C=O) groups is 1. The van der Waals surface area contributed by atoms with Gasteiger partial charge in [-0.3, -0.25) is 4.79 Å². The molecule has 0 aliphatic carbocycles. The molecular weight excluding hydrogens is 422 g/mol. The fourth-order valence-corrected chi connectivity index (χ4v) is 4.42. The number of hydrogen-bond donors (Lipinski definition) is 0. The minimum atomic E-state index is -0.173. The van der Waals surface area contributed by atoms with Gasteiger partial charge in [-0.25, -0.2) is 9.99 Å². The minimum absolute atomic E-state index is 0.0935. The standard InChI is InChI=1S/C25H21N3O3S/c1-30-19-13-11-18(12-14-19)22-15-21(17-7-3-2-4-8-17)27-28(22)24(29)16-32-25-26-20-9-5-6-10-23(20)31-25/h2-14,22H,15-16H2,1H3. The van der Waals surface area contributed by atoms with Crippen molar-refractivity contribution in [2.24, 2.45) is 5.10 Å². The molecule has 1 atom stereocenters. The SMILES string of the molecule is COc1ccc(C2CC(c3ccccc3)=NN2C(=O)CSc2nc3ccccc3o2)cc1. The highest BCUT2D eigenvalue weighted by Gasteiger charge is 2.33. The van der Waals surface area contributed by atoms with Gasteiger partial charge in [0.1, 0.15) is 11.3 Å². The summed E-state index contributed by atoms with van der Waals surface area (Å²) in [5.41, 5.74) is 4.42. The number of aromatic nitrogens is 1. The van der Waals surface area contributed by atoms with E-state index in [4.69, 9.17) is 14.3 Å². The number of ether oxygens (including phenoxy) is 1. The first-order valence-electron chi connectivity index (χ1n) is 10.3. The van der Waals surface area contributed by atoms with Crippen molar-refractivity contribution in [3.63, 3.8) is 0 Å². The first kappa shape index (κ1) is 20.3. The van der Waals surface area contributed by atoms with Crippen molar-refractivity contribution in [1.29, 1.82) is 0 Å². The summed E-state index contributed by atoms with van der Waals surface area (Å²) in [6, 6.07) is 25.2. The highest BCUT2D eigenvalue weighted by molar-refractivity contribution is 7.99. The average Bonchev–Trinajstić information content (AvgIpc) is 3.48. The van der Waals surface area contributed by atoms with Gasteiger partial charge in [0.25, 0.3) is 11.1 Å². The molecule has 1 unspecified atom stereocenters. The zero-order chi connectivity index (χ0) is 21.9. The van der Waals surface area contributed by atoms with Gasteiger partial charge in [0.05, 0.1) is 24.6 Å². The Labute approximate surface area is 189 Å². The topological polar surface area (TPSA) is 67.9 Å². The summed E-state index contributed by atoms with van der Waals surface area (Å²) < 4.78 is 11.0. The summed E-state index contributed by atoms with van der Waals surface area (Å²) in [6.45, 7) is 0. The molecule has 0 fully saturated rings. The van der Waals surface area contributed by atoms with Gasteiger partial charge in [0, 0.05) is 6.42 Å². The number of carbonyl (C=O) groups excluding carboxylic acids is 1. The Morgan fingerprint density at radius 2 is 1.81 bits per heavy atom. The Balaban J connectivity index is 1.38. The number of thioether (sulfide) groups is 1. The van der Waals surface area contributed by atoms with Crippen LogP contribution in [0.5, 0.6) is 5.75 Å². The van der Waals surface area contributed by atoms with Crippen LogP contribution in [0.1, 0.15) is 23.6 Å². The lowest BCUT2D eigenvalue weighted by molar-refractivity contribution is -0.130. The molecule has 0 N–H and O–H groups in total. The molecule has 0 saturated heterocycles. The maximum atomic E-state index is 13.2. The molecule has 0 saturated carbocycles. The summed E-state index contributed by atoms with van der Waals surface area (Å²) in [6.07, 6.45) is 0.648. The third-order valence-corrected chi connectivity index (χ3v) is 6.18. The molecule has 160 valence electrons. The second-order valence-corrected chi connectivity index (χ2v) is 8.31. The Morgan fingerprint density at radius 1 is 1.06 bits per heavy atom. The number of fused-ring (bicyclic) bond motifs is 1. The molecule has 0 bridgehead atoms. The van der Waals surface area contributed by atoms with Gasteiger partial charge in [-0.05, 0) is 35.4 Å². The quantitative estimate of drug-likeness (QED) is 0.378. The largest absolute Gasteiger partial charge is 0.497 e. The van der Waals surface area contributed by atoms with Crippen molar-refractivity contribution >= 4 is 34.5 Å². The van der Waals surface area contributed by atoms with E-state index in [9.17, 15) is 4.79 Å². The molecule has 1 aliphatic rings. The number of hydrazone groups is 1. The van der Waals surface area contributed by atoms with E-state index in [-0.39, 0.29) is 17.7 Å². The minimum Gasteiger partial charge on any atom is -0.497 e. The van der Waals surface area contributed by atoms with Crippen LogP contribution in [-0.2, 0) is 4.79 Å². The molecule has 1 aliphatic heterocycles. The first-order valence-corrected chi connectivity index (χ1v) is 11.3. The summed E-state index contributed by atoms with van der Waals surface area (Å²) in [5.74, 6) is 0.870. The Hall–Kier alpha value is -3.58. The van der Waals surface area contributed by atoms with E-state index in [2.05, 4.69) is 4.98 Å². The van der Waals surface area contributed by atoms with E-state index in [0.717, 1.165) is 28.1 Å². The molecule has 6 nitrogen and oxygen atoms in total. The molecule has 0 spiro atoms. The molecule has 32 heavy (non-hydrogen) atoms. The molecule has 7 heteroatoms. The summed E-state index contributed by atoms with van der Waals surface area (Å²) in [4.78, 5) is 17.7. The lowest BCUT2D eigenvalue weighted by Crippen LogP contribution is -2.28. The van der Waals surface area contributed by atoms with Crippen LogP contribution in [0.3, 0.4) is 0 Å². The number of rotatable bonds is 6. The Kier molecular flexibility index (Phi) is 5.64. The summed E-state index contributed by atoms with van der Waals surface area (Å²) in [7, 11) is 1.64. The lowest BCUT2D eigenvalue weighted by atomic mass is 9.98. The predicted molar refractivity (Wildman–Crippen MR) is 125 cm³/mol. The van der Waals surface area contributed by atoms with Crippen molar-refractivity contribution in [3.05, 3.63) is 90.0 Å². The molecule has 0 radical (unpaired) electrons. The molecule has 2 heterocycles. The van der Waals surface area contributed by atoms with Crippen LogP contribution in [0.25, 0.3) is 11.1 Å². The van der Waals surface area contributed by atoms with Crippen molar-refractivity contribution in [2.75, 3.05) is 12.9 Å². The number of para-hydroxylation sites is 2. The molecule has 4 aromatic rings. The number of nitrogens with zero attached hydrogens (tertiary/aromatic N) is 3. The third-order valence-electron chi connectivity index (χ3n) is 5.37. The van der Waals surface area contributed by atoms with Gasteiger partial charge >= 0.3 is 0 Å². The van der Waals surface area contributed by atoms with Gasteiger partial charge in [0.15, 0.2) is 5.58 Å². The normalized spacial score (nSPS) is 15.7. The van der Waals surface area contributed by atoms with Gasteiger partial charge < -0.3 is 9.15 Å². The van der Waals surface area contributed by atoms with E-state index >= 15 is 0 Å². The average molecular weight is 444 g/mol. The first-order chi connectivity index (χ1) is 15.7. The Morgan fingerprint density at radius 3 is 2.56 bits per heavy atom. The van der Waals surface area contributed by atoms with Crippen molar-refractivity contribution in [3.8, 4) is 5.75 Å². The molecular formula is C25H21N3O3S. The fraction of sp³-hybridized carbons (Fsp3) is 0.160. The van der Waals surface area contributed by atoms with E-state index in [1.54, 1.807) is 12.1 Å². The molecule has 5 rings (SSSR count). The van der Waals surface area contributed by atoms with Crippen LogP contribution in [0.4, 0.5) is 0 Å². The van der Waals surface area contributed by atoms with Gasteiger partial charge in [-0.2, -0.15) is 5.10 Å². The summed E-state index contributed by atoms with van der Waals surface area (Å²) >= 11 is 1.28. The second-order valence-electron chi connectivity index (χ2n) is 7.38. The van der Waals surface area contributed by atoms with E-state index in [0.29, 0.717) is 17.2 Å². The number of hydrogen-bond acceptors (Lipinski definition) is 6. The van der Waals surface area contributed by atoms with Crippen LogP contribution in [0.2, 0.25) is 0 Å². The van der Waals surface area contributed by atoms with Crippen LogP contribution in [0.15, 0.2) is 93.6 Å². The van der Waals surface area contributed by atoms with Crippen molar-refractivity contribution in [1.82, 2.24) is 9.99 Å².